The molecule has 1 aromatic heterocycles. The standard InChI is InChI=1S/C17H16ClF3N4O/c1-4-10(2)24(11(3)26)16-12(8-22)9-23-25(16)15-6-5-13(7-14(15)18)17(19,20)21/h5-7,9-10H,4H2,1-3H3. The molecule has 0 fully saturated rings. The Hall–Kier alpha value is -2.53. The molecule has 0 aliphatic heterocycles. The largest absolute Gasteiger partial charge is 0.416 e. The molecular weight excluding hydrogens is 369 g/mol. The van der Waals surface area contributed by atoms with Crippen LogP contribution in [0.1, 0.15) is 38.3 Å². The van der Waals surface area contributed by atoms with E-state index in [-0.39, 0.29) is 34.0 Å². The number of benzene rings is 1. The first kappa shape index (κ1) is 19.8. The van der Waals surface area contributed by atoms with Gasteiger partial charge in [-0.2, -0.15) is 23.5 Å². The fourth-order valence-electron chi connectivity index (χ4n) is 2.53. The fourth-order valence-corrected chi connectivity index (χ4v) is 2.80. The molecule has 0 saturated carbocycles. The van der Waals surface area contributed by atoms with Gasteiger partial charge in [0.2, 0.25) is 5.91 Å². The molecule has 26 heavy (non-hydrogen) atoms. The summed E-state index contributed by atoms with van der Waals surface area (Å²) in [5.41, 5.74) is -0.631. The zero-order chi connectivity index (χ0) is 19.6. The molecule has 0 bridgehead atoms. The van der Waals surface area contributed by atoms with Crippen molar-refractivity contribution >= 4 is 23.3 Å². The number of hydrogen-bond acceptors (Lipinski definition) is 3. The van der Waals surface area contributed by atoms with Crippen molar-refractivity contribution in [3.05, 3.63) is 40.5 Å². The van der Waals surface area contributed by atoms with Gasteiger partial charge in [-0.25, -0.2) is 4.68 Å². The van der Waals surface area contributed by atoms with Gasteiger partial charge in [0.05, 0.1) is 22.5 Å². The summed E-state index contributed by atoms with van der Waals surface area (Å²) in [7, 11) is 0. The molecule has 2 rings (SSSR count). The van der Waals surface area contributed by atoms with Gasteiger partial charge in [0.25, 0.3) is 0 Å². The number of nitrogens with zero attached hydrogens (tertiary/aromatic N) is 4. The number of alkyl halides is 3. The third kappa shape index (κ3) is 3.68. The van der Waals surface area contributed by atoms with E-state index in [9.17, 15) is 23.2 Å². The highest BCUT2D eigenvalue weighted by Crippen LogP contribution is 2.35. The molecule has 1 amide bonds. The molecule has 1 heterocycles. The van der Waals surface area contributed by atoms with Crippen molar-refractivity contribution < 1.29 is 18.0 Å². The fraction of sp³-hybridized carbons (Fsp3) is 0.353. The summed E-state index contributed by atoms with van der Waals surface area (Å²) in [6, 6.07) is 4.53. The Morgan fingerprint density at radius 1 is 1.46 bits per heavy atom. The van der Waals surface area contributed by atoms with Gasteiger partial charge in [-0.1, -0.05) is 18.5 Å². The summed E-state index contributed by atoms with van der Waals surface area (Å²) in [6.45, 7) is 5.02. The van der Waals surface area contributed by atoms with E-state index in [0.29, 0.717) is 6.42 Å². The van der Waals surface area contributed by atoms with Crippen LogP contribution in [0.4, 0.5) is 19.0 Å². The average Bonchev–Trinajstić information content (AvgIpc) is 2.96. The average molecular weight is 385 g/mol. The van der Waals surface area contributed by atoms with Crippen LogP contribution < -0.4 is 4.90 Å². The highest BCUT2D eigenvalue weighted by atomic mass is 35.5. The van der Waals surface area contributed by atoms with Crippen molar-refractivity contribution in [2.45, 2.75) is 39.4 Å². The topological polar surface area (TPSA) is 61.9 Å². The Kier molecular flexibility index (Phi) is 5.62. The van der Waals surface area contributed by atoms with Crippen molar-refractivity contribution in [3.63, 3.8) is 0 Å². The molecule has 0 N–H and O–H groups in total. The molecule has 1 unspecified atom stereocenters. The van der Waals surface area contributed by atoms with Crippen molar-refractivity contribution in [1.82, 2.24) is 9.78 Å². The van der Waals surface area contributed by atoms with Gasteiger partial charge < -0.3 is 0 Å². The van der Waals surface area contributed by atoms with Gasteiger partial charge in [0.15, 0.2) is 5.82 Å². The summed E-state index contributed by atoms with van der Waals surface area (Å²) in [6.07, 6.45) is -2.67. The van der Waals surface area contributed by atoms with E-state index in [4.69, 9.17) is 11.6 Å². The molecule has 0 radical (unpaired) electrons. The zero-order valence-corrected chi connectivity index (χ0v) is 15.1. The third-order valence-electron chi connectivity index (χ3n) is 3.97. The second-order valence-corrected chi connectivity index (χ2v) is 6.12. The number of halogens is 4. The maximum Gasteiger partial charge on any atom is 0.416 e. The quantitative estimate of drug-likeness (QED) is 0.775. The number of anilines is 1. The van der Waals surface area contributed by atoms with Crippen LogP contribution in [0.25, 0.3) is 5.69 Å². The molecule has 5 nitrogen and oxygen atoms in total. The SMILES string of the molecule is CCC(C)N(C(C)=O)c1c(C#N)cnn1-c1ccc(C(F)(F)F)cc1Cl. The predicted molar refractivity (Wildman–Crippen MR) is 91.2 cm³/mol. The highest BCUT2D eigenvalue weighted by molar-refractivity contribution is 6.32. The number of hydrogen-bond donors (Lipinski definition) is 0. The molecule has 0 saturated heterocycles. The second-order valence-electron chi connectivity index (χ2n) is 5.72. The Labute approximate surface area is 153 Å². The molecule has 0 aliphatic carbocycles. The maximum atomic E-state index is 12.8. The smallest absolute Gasteiger partial charge is 0.293 e. The van der Waals surface area contributed by atoms with Gasteiger partial charge in [-0.3, -0.25) is 9.69 Å². The zero-order valence-electron chi connectivity index (χ0n) is 14.3. The van der Waals surface area contributed by atoms with Crippen LogP contribution in [-0.4, -0.2) is 21.7 Å². The molecule has 0 spiro atoms. The first-order valence-corrected chi connectivity index (χ1v) is 8.14. The monoisotopic (exact) mass is 384 g/mol. The van der Waals surface area contributed by atoms with E-state index in [0.717, 1.165) is 18.2 Å². The van der Waals surface area contributed by atoms with Crippen LogP contribution >= 0.6 is 11.6 Å². The van der Waals surface area contributed by atoms with Crippen LogP contribution in [0.3, 0.4) is 0 Å². The first-order valence-electron chi connectivity index (χ1n) is 7.76. The Bertz CT molecular complexity index is 870. The van der Waals surface area contributed by atoms with Gasteiger partial charge in [0.1, 0.15) is 11.6 Å². The third-order valence-corrected chi connectivity index (χ3v) is 4.27. The first-order chi connectivity index (χ1) is 12.1. The molecule has 9 heteroatoms. The summed E-state index contributed by atoms with van der Waals surface area (Å²) in [5, 5.41) is 13.2. The molecule has 0 aliphatic rings. The van der Waals surface area contributed by atoms with E-state index in [1.807, 2.05) is 13.0 Å². The maximum absolute atomic E-state index is 12.8. The number of carbonyl (C=O) groups is 1. The van der Waals surface area contributed by atoms with Crippen molar-refractivity contribution in [1.29, 1.82) is 5.26 Å². The van der Waals surface area contributed by atoms with Crippen LogP contribution in [-0.2, 0) is 11.0 Å². The minimum Gasteiger partial charge on any atom is -0.293 e. The Morgan fingerprint density at radius 3 is 2.58 bits per heavy atom. The van der Waals surface area contributed by atoms with Crippen LogP contribution in [0.15, 0.2) is 24.4 Å². The number of aromatic nitrogens is 2. The predicted octanol–water partition coefficient (Wildman–Crippen LogP) is 4.57. The molecular formula is C17H16ClF3N4O. The highest BCUT2D eigenvalue weighted by Gasteiger charge is 2.32. The van der Waals surface area contributed by atoms with Crippen molar-refractivity contribution in [2.24, 2.45) is 0 Å². The van der Waals surface area contributed by atoms with Gasteiger partial charge in [-0.05, 0) is 31.5 Å². The molecule has 2 aromatic rings. The number of rotatable bonds is 4. The number of carbonyl (C=O) groups excluding carboxylic acids is 1. The Morgan fingerprint density at radius 2 is 2.12 bits per heavy atom. The molecule has 1 aromatic carbocycles. The van der Waals surface area contributed by atoms with Crippen LogP contribution in [0.2, 0.25) is 5.02 Å². The van der Waals surface area contributed by atoms with E-state index in [1.165, 1.54) is 22.7 Å². The summed E-state index contributed by atoms with van der Waals surface area (Å²) in [4.78, 5) is 13.5. The van der Waals surface area contributed by atoms with Gasteiger partial charge in [0, 0.05) is 13.0 Å². The second kappa shape index (κ2) is 7.38. The van der Waals surface area contributed by atoms with Gasteiger partial charge in [-0.15, -0.1) is 0 Å². The molecule has 1 atom stereocenters. The van der Waals surface area contributed by atoms with Crippen LogP contribution in [0, 0.1) is 11.3 Å². The minimum absolute atomic E-state index is 0.122. The van der Waals surface area contributed by atoms with E-state index < -0.39 is 11.7 Å². The Balaban J connectivity index is 2.68. The van der Waals surface area contributed by atoms with Gasteiger partial charge >= 0.3 is 6.18 Å². The lowest BCUT2D eigenvalue weighted by atomic mass is 10.2. The lowest BCUT2D eigenvalue weighted by molar-refractivity contribution is -0.137. The van der Waals surface area contributed by atoms with Crippen LogP contribution in [0.5, 0.6) is 0 Å². The normalized spacial score (nSPS) is 12.5. The minimum atomic E-state index is -4.53. The van der Waals surface area contributed by atoms with E-state index in [1.54, 1.807) is 6.92 Å². The number of nitriles is 1. The summed E-state index contributed by atoms with van der Waals surface area (Å²) in [5.74, 6) is -0.142. The van der Waals surface area contributed by atoms with E-state index >= 15 is 0 Å². The molecule has 138 valence electrons. The van der Waals surface area contributed by atoms with E-state index in [2.05, 4.69) is 5.10 Å². The summed E-state index contributed by atoms with van der Waals surface area (Å²) < 4.78 is 39.8. The number of amides is 1. The lowest BCUT2D eigenvalue weighted by Gasteiger charge is -2.28. The summed E-state index contributed by atoms with van der Waals surface area (Å²) >= 11 is 6.04. The van der Waals surface area contributed by atoms with Crippen molar-refractivity contribution in [3.8, 4) is 11.8 Å². The lowest BCUT2D eigenvalue weighted by Crippen LogP contribution is -2.38. The van der Waals surface area contributed by atoms with Crippen molar-refractivity contribution in [2.75, 3.05) is 4.90 Å².